The number of hydrogen-bond donors (Lipinski definition) is 0. The van der Waals surface area contributed by atoms with E-state index in [1.165, 1.54) is 6.42 Å². The zero-order valence-electron chi connectivity index (χ0n) is 17.3. The second-order valence-electron chi connectivity index (χ2n) is 8.19. The van der Waals surface area contributed by atoms with E-state index in [4.69, 9.17) is 9.47 Å². The summed E-state index contributed by atoms with van der Waals surface area (Å²) in [6.07, 6.45) is 1.29. The van der Waals surface area contributed by atoms with E-state index in [2.05, 4.69) is 35.9 Å². The minimum atomic E-state index is -4.58. The minimum Gasteiger partial charge on any atom is -0.490 e. The molecule has 1 fully saturated rings. The average molecular weight is 428 g/mol. The Kier molecular flexibility index (Phi) is 5.60. The molecule has 162 valence electrons. The molecule has 1 aromatic heterocycles. The maximum absolute atomic E-state index is 12.6. The molecule has 1 aliphatic carbocycles. The van der Waals surface area contributed by atoms with Crippen LogP contribution in [0.4, 0.5) is 13.2 Å². The number of halogens is 3. The number of ether oxygens (including phenoxy) is 2. The molecule has 0 spiro atoms. The predicted molar refractivity (Wildman–Crippen MR) is 110 cm³/mol. The molecule has 0 atom stereocenters. The van der Waals surface area contributed by atoms with E-state index in [-0.39, 0.29) is 11.2 Å². The van der Waals surface area contributed by atoms with Crippen LogP contribution >= 0.6 is 0 Å². The molecule has 0 radical (unpaired) electrons. The fourth-order valence-corrected chi connectivity index (χ4v) is 3.39. The van der Waals surface area contributed by atoms with Crippen molar-refractivity contribution in [2.75, 3.05) is 0 Å². The van der Waals surface area contributed by atoms with Crippen molar-refractivity contribution in [3.8, 4) is 17.2 Å². The van der Waals surface area contributed by atoms with Crippen molar-refractivity contribution >= 4 is 0 Å². The highest BCUT2D eigenvalue weighted by Crippen LogP contribution is 2.35. The first-order valence-electron chi connectivity index (χ1n) is 10.2. The lowest BCUT2D eigenvalue weighted by Crippen LogP contribution is -2.24. The predicted octanol–water partition coefficient (Wildman–Crippen LogP) is 6.54. The van der Waals surface area contributed by atoms with E-state index in [1.54, 1.807) is 12.1 Å². The van der Waals surface area contributed by atoms with Gasteiger partial charge in [0.25, 0.3) is 0 Å². The van der Waals surface area contributed by atoms with Crippen LogP contribution in [0.5, 0.6) is 17.2 Å². The third kappa shape index (κ3) is 4.81. The van der Waals surface area contributed by atoms with Crippen LogP contribution < -0.4 is 9.47 Å². The van der Waals surface area contributed by atoms with Crippen LogP contribution in [0.1, 0.15) is 50.1 Å². The lowest BCUT2D eigenvalue weighted by atomic mass is 9.78. The molecule has 0 N–H and O–H groups in total. The van der Waals surface area contributed by atoms with E-state index in [0.717, 1.165) is 42.1 Å². The number of alkyl halides is 3. The summed E-state index contributed by atoms with van der Waals surface area (Å²) in [4.78, 5) is 6.61. The van der Waals surface area contributed by atoms with E-state index < -0.39 is 12.0 Å². The molecule has 0 aliphatic heterocycles. The SMILES string of the molecule is CC(C)(c1ccc(Oc2cnc(C(F)(F)F)nc2)cc1)c1ccc(OC2CCC2)cc1. The summed E-state index contributed by atoms with van der Waals surface area (Å²) in [7, 11) is 0. The average Bonchev–Trinajstić information content (AvgIpc) is 2.71. The third-order valence-electron chi connectivity index (χ3n) is 5.62. The maximum Gasteiger partial charge on any atom is 0.451 e. The fourth-order valence-electron chi connectivity index (χ4n) is 3.39. The Morgan fingerprint density at radius 3 is 1.74 bits per heavy atom. The van der Waals surface area contributed by atoms with Crippen LogP contribution in [0.25, 0.3) is 0 Å². The molecule has 31 heavy (non-hydrogen) atoms. The summed E-state index contributed by atoms with van der Waals surface area (Å²) >= 11 is 0. The fraction of sp³-hybridized carbons (Fsp3) is 0.333. The molecule has 4 rings (SSSR count). The van der Waals surface area contributed by atoms with Gasteiger partial charge in [-0.05, 0) is 54.7 Å². The van der Waals surface area contributed by atoms with Gasteiger partial charge < -0.3 is 9.47 Å². The Hall–Kier alpha value is -3.09. The molecule has 1 heterocycles. The molecule has 4 nitrogen and oxygen atoms in total. The normalized spacial score (nSPS) is 14.7. The highest BCUT2D eigenvalue weighted by Gasteiger charge is 2.34. The first kappa shape index (κ1) is 21.2. The molecular weight excluding hydrogens is 405 g/mol. The van der Waals surface area contributed by atoms with E-state index in [0.29, 0.717) is 11.9 Å². The monoisotopic (exact) mass is 428 g/mol. The van der Waals surface area contributed by atoms with Gasteiger partial charge in [0, 0.05) is 5.41 Å². The van der Waals surface area contributed by atoms with Gasteiger partial charge in [-0.1, -0.05) is 38.1 Å². The van der Waals surface area contributed by atoms with Gasteiger partial charge in [-0.15, -0.1) is 0 Å². The van der Waals surface area contributed by atoms with Gasteiger partial charge in [0.1, 0.15) is 11.5 Å². The van der Waals surface area contributed by atoms with Crippen LogP contribution in [0.15, 0.2) is 60.9 Å². The Morgan fingerprint density at radius 1 is 0.774 bits per heavy atom. The van der Waals surface area contributed by atoms with Crippen LogP contribution in [0.2, 0.25) is 0 Å². The number of benzene rings is 2. The molecular formula is C24H23F3N2O2. The smallest absolute Gasteiger partial charge is 0.451 e. The summed E-state index contributed by atoms with van der Waals surface area (Å²) in [5.74, 6) is 0.335. The largest absolute Gasteiger partial charge is 0.490 e. The van der Waals surface area contributed by atoms with E-state index in [1.807, 2.05) is 24.3 Å². The Labute approximate surface area is 179 Å². The number of hydrogen-bond acceptors (Lipinski definition) is 4. The second kappa shape index (κ2) is 8.21. The minimum absolute atomic E-state index is 0.141. The standard InChI is InChI=1S/C24H23F3N2O2/c1-23(2,16-6-10-19(11-7-16)30-18-4-3-5-18)17-8-12-20(13-9-17)31-21-14-28-22(29-15-21)24(25,26)27/h6-15,18H,3-5H2,1-2H3. The molecule has 0 amide bonds. The van der Waals surface area contributed by atoms with Gasteiger partial charge in [-0.2, -0.15) is 13.2 Å². The van der Waals surface area contributed by atoms with Crippen molar-refractivity contribution in [3.63, 3.8) is 0 Å². The lowest BCUT2D eigenvalue weighted by Gasteiger charge is -2.28. The molecule has 0 unspecified atom stereocenters. The summed E-state index contributed by atoms with van der Waals surface area (Å²) in [6.45, 7) is 4.27. The van der Waals surface area contributed by atoms with Crippen molar-refractivity contribution in [3.05, 3.63) is 77.9 Å². The first-order chi connectivity index (χ1) is 14.7. The van der Waals surface area contributed by atoms with Crippen LogP contribution in [0.3, 0.4) is 0 Å². The number of rotatable bonds is 6. The van der Waals surface area contributed by atoms with E-state index >= 15 is 0 Å². The van der Waals surface area contributed by atoms with Crippen molar-refractivity contribution in [1.29, 1.82) is 0 Å². The maximum atomic E-state index is 12.6. The Morgan fingerprint density at radius 2 is 1.29 bits per heavy atom. The van der Waals surface area contributed by atoms with Gasteiger partial charge in [0.2, 0.25) is 5.82 Å². The first-order valence-corrected chi connectivity index (χ1v) is 10.2. The zero-order chi connectivity index (χ0) is 22.1. The highest BCUT2D eigenvalue weighted by atomic mass is 19.4. The van der Waals surface area contributed by atoms with Gasteiger partial charge in [0.15, 0.2) is 5.75 Å². The molecule has 2 aromatic carbocycles. The molecule has 0 bridgehead atoms. The van der Waals surface area contributed by atoms with Crippen molar-refractivity contribution in [2.45, 2.75) is 50.8 Å². The molecule has 3 aromatic rings. The number of nitrogens with zero attached hydrogens (tertiary/aromatic N) is 2. The van der Waals surface area contributed by atoms with Gasteiger partial charge in [0.05, 0.1) is 18.5 Å². The molecule has 1 saturated carbocycles. The summed E-state index contributed by atoms with van der Waals surface area (Å²) in [5.41, 5.74) is 1.99. The van der Waals surface area contributed by atoms with Gasteiger partial charge >= 0.3 is 6.18 Å². The van der Waals surface area contributed by atoms with Crippen molar-refractivity contribution in [2.24, 2.45) is 0 Å². The molecule has 1 aliphatic rings. The van der Waals surface area contributed by atoms with Crippen molar-refractivity contribution < 1.29 is 22.6 Å². The zero-order valence-corrected chi connectivity index (χ0v) is 17.3. The number of aromatic nitrogens is 2. The Balaban J connectivity index is 1.43. The summed E-state index contributed by atoms with van der Waals surface area (Å²) < 4.78 is 49.2. The van der Waals surface area contributed by atoms with Gasteiger partial charge in [-0.3, -0.25) is 0 Å². The third-order valence-corrected chi connectivity index (χ3v) is 5.62. The Bertz CT molecular complexity index is 1010. The molecule has 0 saturated heterocycles. The molecule has 7 heteroatoms. The quantitative estimate of drug-likeness (QED) is 0.447. The van der Waals surface area contributed by atoms with Crippen LogP contribution in [-0.4, -0.2) is 16.1 Å². The van der Waals surface area contributed by atoms with Gasteiger partial charge in [-0.25, -0.2) is 9.97 Å². The summed E-state index contributed by atoms with van der Waals surface area (Å²) in [5, 5.41) is 0. The highest BCUT2D eigenvalue weighted by molar-refractivity contribution is 5.42. The van der Waals surface area contributed by atoms with Crippen molar-refractivity contribution in [1.82, 2.24) is 9.97 Å². The summed E-state index contributed by atoms with van der Waals surface area (Å²) in [6, 6.07) is 15.6. The van der Waals surface area contributed by atoms with E-state index in [9.17, 15) is 13.2 Å². The lowest BCUT2D eigenvalue weighted by molar-refractivity contribution is -0.145. The van der Waals surface area contributed by atoms with Crippen LogP contribution in [-0.2, 0) is 11.6 Å². The van der Waals surface area contributed by atoms with Crippen LogP contribution in [0, 0.1) is 0 Å². The topological polar surface area (TPSA) is 44.2 Å². The second-order valence-corrected chi connectivity index (χ2v) is 8.19.